The van der Waals surface area contributed by atoms with Crippen LogP contribution in [0.4, 0.5) is 0 Å². The van der Waals surface area contributed by atoms with Crippen molar-refractivity contribution >= 4 is 16.9 Å². The quantitative estimate of drug-likeness (QED) is 0.256. The molecule has 2 fully saturated rings. The highest BCUT2D eigenvalue weighted by atomic mass is 16.5. The van der Waals surface area contributed by atoms with Crippen molar-refractivity contribution in [2.75, 3.05) is 0 Å². The van der Waals surface area contributed by atoms with Crippen LogP contribution in [-0.2, 0) is 10.2 Å². The molecule has 2 aliphatic rings. The lowest BCUT2D eigenvalue weighted by molar-refractivity contribution is -0.140. The van der Waals surface area contributed by atoms with Gasteiger partial charge in [-0.3, -0.25) is 9.78 Å². The molecule has 0 saturated heterocycles. The Labute approximate surface area is 220 Å². The molecule has 5 aromatic rings. The Balaban J connectivity index is 1.41. The van der Waals surface area contributed by atoms with E-state index in [1.807, 2.05) is 38.2 Å². The second-order valence-corrected chi connectivity index (χ2v) is 10.9. The van der Waals surface area contributed by atoms with Crippen LogP contribution in [0.2, 0.25) is 0 Å². The summed E-state index contributed by atoms with van der Waals surface area (Å²) < 4.78 is 7.89. The average molecular weight is 504 g/mol. The monoisotopic (exact) mass is 503 g/mol. The van der Waals surface area contributed by atoms with Gasteiger partial charge in [-0.25, -0.2) is 0 Å². The van der Waals surface area contributed by atoms with Gasteiger partial charge in [0.2, 0.25) is 0 Å². The zero-order valence-corrected chi connectivity index (χ0v) is 21.5. The van der Waals surface area contributed by atoms with E-state index in [0.717, 1.165) is 55.9 Å². The van der Waals surface area contributed by atoms with Crippen molar-refractivity contribution < 1.29 is 14.4 Å². The fourth-order valence-corrected chi connectivity index (χ4v) is 6.06. The number of aryl methyl sites for hydroxylation is 2. The fourth-order valence-electron chi connectivity index (χ4n) is 6.06. The summed E-state index contributed by atoms with van der Waals surface area (Å²) in [6.07, 6.45) is 7.93. The van der Waals surface area contributed by atoms with E-state index in [1.54, 1.807) is 0 Å². The number of rotatable bonds is 7. The van der Waals surface area contributed by atoms with E-state index in [-0.39, 0.29) is 6.04 Å². The molecule has 1 atom stereocenters. The molecule has 38 heavy (non-hydrogen) atoms. The lowest BCUT2D eigenvalue weighted by atomic mass is 9.93. The number of benzene rings is 2. The van der Waals surface area contributed by atoms with Crippen molar-refractivity contribution in [2.24, 2.45) is 5.92 Å². The first kappa shape index (κ1) is 23.0. The third-order valence-electron chi connectivity index (χ3n) is 8.42. The van der Waals surface area contributed by atoms with E-state index >= 15 is 0 Å². The van der Waals surface area contributed by atoms with E-state index < -0.39 is 11.4 Å². The maximum absolute atomic E-state index is 11.9. The molecule has 1 N–H and O–H groups in total. The molecule has 6 nitrogen and oxygen atoms in total. The normalized spacial score (nSPS) is 17.0. The Morgan fingerprint density at radius 1 is 1.05 bits per heavy atom. The molecule has 190 valence electrons. The van der Waals surface area contributed by atoms with Gasteiger partial charge < -0.3 is 14.2 Å². The molecule has 2 saturated carbocycles. The van der Waals surface area contributed by atoms with Crippen LogP contribution in [0.25, 0.3) is 33.2 Å². The number of hydrogen-bond acceptors (Lipinski definition) is 4. The smallest absolute Gasteiger partial charge is 0.314 e. The van der Waals surface area contributed by atoms with Crippen molar-refractivity contribution in [3.8, 4) is 22.3 Å². The molecule has 0 aliphatic heterocycles. The van der Waals surface area contributed by atoms with Crippen LogP contribution in [0.3, 0.4) is 0 Å². The molecule has 0 radical (unpaired) electrons. The van der Waals surface area contributed by atoms with Crippen molar-refractivity contribution in [2.45, 2.75) is 51.0 Å². The number of aliphatic carboxylic acids is 1. The number of pyridine rings is 1. The van der Waals surface area contributed by atoms with Gasteiger partial charge in [0.1, 0.15) is 5.76 Å². The maximum Gasteiger partial charge on any atom is 0.314 e. The summed E-state index contributed by atoms with van der Waals surface area (Å²) in [5.74, 6) is 0.631. The number of carbonyl (C=O) groups is 1. The summed E-state index contributed by atoms with van der Waals surface area (Å²) in [4.78, 5) is 16.6. The van der Waals surface area contributed by atoms with E-state index in [1.165, 1.54) is 12.8 Å². The van der Waals surface area contributed by atoms with Gasteiger partial charge in [-0.1, -0.05) is 47.6 Å². The molecular weight excluding hydrogens is 474 g/mol. The SMILES string of the molecule is Cc1noc(C)c1-c1ccc2c(-c3ccc(C4(C(=O)O)CC4)cc3)cn(C(c3ccccn3)C3CC3)c2c1. The number of aromatic nitrogens is 3. The van der Waals surface area contributed by atoms with Gasteiger partial charge >= 0.3 is 5.97 Å². The van der Waals surface area contributed by atoms with Gasteiger partial charge in [-0.2, -0.15) is 0 Å². The Kier molecular flexibility index (Phi) is 5.09. The number of carboxylic acids is 1. The lowest BCUT2D eigenvalue weighted by Gasteiger charge is -2.20. The summed E-state index contributed by atoms with van der Waals surface area (Å²) >= 11 is 0. The molecular formula is C32H29N3O3. The van der Waals surface area contributed by atoms with E-state index in [0.29, 0.717) is 18.8 Å². The van der Waals surface area contributed by atoms with Gasteiger partial charge in [-0.15, -0.1) is 0 Å². The lowest BCUT2D eigenvalue weighted by Crippen LogP contribution is -2.19. The summed E-state index contributed by atoms with van der Waals surface area (Å²) in [6, 6.07) is 21.0. The first-order valence-corrected chi connectivity index (χ1v) is 13.3. The Bertz CT molecular complexity index is 1650. The van der Waals surface area contributed by atoms with Gasteiger partial charge in [0.25, 0.3) is 0 Å². The third kappa shape index (κ3) is 3.58. The minimum absolute atomic E-state index is 0.147. The molecule has 0 bridgehead atoms. The highest BCUT2D eigenvalue weighted by Gasteiger charge is 2.51. The van der Waals surface area contributed by atoms with Crippen LogP contribution in [0.5, 0.6) is 0 Å². The standard InChI is InChI=1S/C32H29N3O3/c1-19-29(20(2)38-34-19)23-10-13-25-26(21-8-11-24(12-9-21)32(14-15-32)31(36)37)18-35(28(25)17-23)30(22-6-7-22)27-5-3-4-16-33-27/h3-5,8-13,16-18,22,30H,6-7,14-15H2,1-2H3,(H,36,37). The molecule has 7 rings (SSSR count). The Morgan fingerprint density at radius 2 is 1.82 bits per heavy atom. The van der Waals surface area contributed by atoms with Gasteiger partial charge in [-0.05, 0) is 80.3 Å². The minimum atomic E-state index is -0.726. The molecule has 0 spiro atoms. The predicted molar refractivity (Wildman–Crippen MR) is 146 cm³/mol. The minimum Gasteiger partial charge on any atom is -0.481 e. The number of carboxylic acid groups (broad SMARTS) is 1. The molecule has 2 aliphatic carbocycles. The highest BCUT2D eigenvalue weighted by Crippen LogP contribution is 2.49. The van der Waals surface area contributed by atoms with Crippen LogP contribution in [0.15, 0.2) is 77.6 Å². The number of fused-ring (bicyclic) bond motifs is 1. The average Bonchev–Trinajstić information content (AvgIpc) is 3.86. The molecule has 0 amide bonds. The first-order valence-electron chi connectivity index (χ1n) is 13.3. The van der Waals surface area contributed by atoms with E-state index in [4.69, 9.17) is 9.51 Å². The molecule has 3 aromatic heterocycles. The zero-order valence-electron chi connectivity index (χ0n) is 21.5. The summed E-state index contributed by atoms with van der Waals surface area (Å²) in [5.41, 5.74) is 7.64. The second-order valence-electron chi connectivity index (χ2n) is 10.9. The van der Waals surface area contributed by atoms with E-state index in [2.05, 4.69) is 58.4 Å². The van der Waals surface area contributed by atoms with Crippen molar-refractivity contribution in [1.29, 1.82) is 0 Å². The van der Waals surface area contributed by atoms with Crippen LogP contribution in [-0.4, -0.2) is 25.8 Å². The summed E-state index contributed by atoms with van der Waals surface area (Å²) in [7, 11) is 0. The largest absolute Gasteiger partial charge is 0.481 e. The highest BCUT2D eigenvalue weighted by molar-refractivity contribution is 5.98. The van der Waals surface area contributed by atoms with Gasteiger partial charge in [0.15, 0.2) is 0 Å². The molecule has 2 aromatic carbocycles. The third-order valence-corrected chi connectivity index (χ3v) is 8.42. The summed E-state index contributed by atoms with van der Waals surface area (Å²) in [5, 5.41) is 15.1. The topological polar surface area (TPSA) is 81.1 Å². The van der Waals surface area contributed by atoms with Crippen molar-refractivity contribution in [3.63, 3.8) is 0 Å². The molecule has 3 heterocycles. The van der Waals surface area contributed by atoms with Crippen LogP contribution in [0.1, 0.15) is 54.4 Å². The maximum atomic E-state index is 11.9. The Morgan fingerprint density at radius 3 is 2.42 bits per heavy atom. The summed E-state index contributed by atoms with van der Waals surface area (Å²) in [6.45, 7) is 3.93. The zero-order chi connectivity index (χ0) is 26.0. The molecule has 1 unspecified atom stereocenters. The van der Waals surface area contributed by atoms with Gasteiger partial charge in [0.05, 0.1) is 22.8 Å². The number of hydrogen-bond donors (Lipinski definition) is 1. The van der Waals surface area contributed by atoms with E-state index in [9.17, 15) is 9.90 Å². The van der Waals surface area contributed by atoms with Crippen molar-refractivity contribution in [1.82, 2.24) is 14.7 Å². The predicted octanol–water partition coefficient (Wildman–Crippen LogP) is 7.09. The second kappa shape index (κ2) is 8.42. The fraction of sp³-hybridized carbons (Fsp3) is 0.281. The Hall–Kier alpha value is -4.19. The van der Waals surface area contributed by atoms with Crippen molar-refractivity contribution in [3.05, 3.63) is 95.8 Å². The van der Waals surface area contributed by atoms with Crippen LogP contribution >= 0.6 is 0 Å². The van der Waals surface area contributed by atoms with Crippen LogP contribution in [0, 0.1) is 19.8 Å². The molecule has 6 heteroatoms. The van der Waals surface area contributed by atoms with Gasteiger partial charge in [0, 0.05) is 34.4 Å². The van der Waals surface area contributed by atoms with Crippen LogP contribution < -0.4 is 0 Å². The first-order chi connectivity index (χ1) is 18.5. The number of nitrogens with zero attached hydrogens (tertiary/aromatic N) is 3.